The maximum atomic E-state index is 5.89. The molecule has 21 heavy (non-hydrogen) atoms. The number of nitrogens with one attached hydrogen (secondary N) is 1. The Morgan fingerprint density at radius 1 is 1.38 bits per heavy atom. The predicted octanol–water partition coefficient (Wildman–Crippen LogP) is 1.89. The van der Waals surface area contributed by atoms with Crippen molar-refractivity contribution in [1.29, 1.82) is 0 Å². The Morgan fingerprint density at radius 3 is 2.95 bits per heavy atom. The maximum Gasteiger partial charge on any atom is 0.138 e. The standard InChI is InChI=1S/C14H19BrN4O2/c1-19-9-12(17-18-19)10-21-14-11(4-3-5-13(14)15)8-16-6-7-20-2/h3-5,9,16H,6-8,10H2,1-2H3. The fraction of sp³-hybridized carbons (Fsp3) is 0.429. The van der Waals surface area contributed by atoms with E-state index in [1.807, 2.05) is 31.4 Å². The van der Waals surface area contributed by atoms with Crippen LogP contribution >= 0.6 is 15.9 Å². The number of aromatic nitrogens is 3. The number of nitrogens with zero attached hydrogens (tertiary/aromatic N) is 3. The minimum absolute atomic E-state index is 0.390. The summed E-state index contributed by atoms with van der Waals surface area (Å²) in [6.45, 7) is 2.59. The molecule has 1 N–H and O–H groups in total. The molecule has 2 rings (SSSR count). The van der Waals surface area contributed by atoms with Crippen molar-refractivity contribution >= 4 is 15.9 Å². The fourth-order valence-corrected chi connectivity index (χ4v) is 2.38. The van der Waals surface area contributed by atoms with E-state index in [0.29, 0.717) is 13.2 Å². The molecular weight excluding hydrogens is 336 g/mol. The lowest BCUT2D eigenvalue weighted by atomic mass is 10.2. The molecule has 1 aromatic heterocycles. The van der Waals surface area contributed by atoms with Crippen LogP contribution in [0.2, 0.25) is 0 Å². The molecule has 0 amide bonds. The zero-order valence-electron chi connectivity index (χ0n) is 12.2. The predicted molar refractivity (Wildman–Crippen MR) is 83.1 cm³/mol. The van der Waals surface area contributed by atoms with Gasteiger partial charge in [-0.25, -0.2) is 0 Å². The number of aryl methyl sites for hydroxylation is 1. The summed E-state index contributed by atoms with van der Waals surface area (Å²) in [5, 5.41) is 11.2. The van der Waals surface area contributed by atoms with Crippen LogP contribution in [-0.2, 0) is 24.9 Å². The molecule has 114 valence electrons. The number of methoxy groups -OCH3 is 1. The summed E-state index contributed by atoms with van der Waals surface area (Å²) in [6.07, 6.45) is 1.84. The Hall–Kier alpha value is -1.44. The van der Waals surface area contributed by atoms with Crippen LogP contribution < -0.4 is 10.1 Å². The molecule has 0 atom stereocenters. The largest absolute Gasteiger partial charge is 0.486 e. The zero-order chi connectivity index (χ0) is 15.1. The summed E-state index contributed by atoms with van der Waals surface area (Å²) in [6, 6.07) is 5.99. The van der Waals surface area contributed by atoms with Gasteiger partial charge in [0.05, 0.1) is 17.3 Å². The van der Waals surface area contributed by atoms with Gasteiger partial charge < -0.3 is 14.8 Å². The van der Waals surface area contributed by atoms with Crippen LogP contribution in [0.3, 0.4) is 0 Å². The van der Waals surface area contributed by atoms with Crippen LogP contribution in [0.15, 0.2) is 28.9 Å². The van der Waals surface area contributed by atoms with Gasteiger partial charge in [0.1, 0.15) is 18.1 Å². The molecule has 0 bridgehead atoms. The first-order valence-electron chi connectivity index (χ1n) is 6.65. The lowest BCUT2D eigenvalue weighted by Gasteiger charge is -2.13. The Balaban J connectivity index is 1.99. The van der Waals surface area contributed by atoms with Crippen molar-refractivity contribution in [3.8, 4) is 5.75 Å². The topological polar surface area (TPSA) is 61.2 Å². The second kappa shape index (κ2) is 8.11. The number of halogens is 1. The van der Waals surface area contributed by atoms with E-state index in [-0.39, 0.29) is 0 Å². The highest BCUT2D eigenvalue weighted by Crippen LogP contribution is 2.29. The average Bonchev–Trinajstić information content (AvgIpc) is 2.88. The van der Waals surface area contributed by atoms with E-state index in [0.717, 1.165) is 34.6 Å². The summed E-state index contributed by atoms with van der Waals surface area (Å²) in [5.41, 5.74) is 1.89. The van der Waals surface area contributed by atoms with Crippen molar-refractivity contribution in [1.82, 2.24) is 20.3 Å². The molecule has 0 unspecified atom stereocenters. The Kier molecular flexibility index (Phi) is 6.16. The van der Waals surface area contributed by atoms with Crippen LogP contribution in [-0.4, -0.2) is 35.3 Å². The third kappa shape index (κ3) is 4.80. The Bertz CT molecular complexity index is 574. The summed E-state index contributed by atoms with van der Waals surface area (Å²) < 4.78 is 13.5. The first-order chi connectivity index (χ1) is 10.2. The van der Waals surface area contributed by atoms with E-state index in [1.54, 1.807) is 11.8 Å². The molecular formula is C14H19BrN4O2. The van der Waals surface area contributed by atoms with E-state index in [4.69, 9.17) is 9.47 Å². The summed E-state index contributed by atoms with van der Waals surface area (Å²) in [7, 11) is 3.52. The van der Waals surface area contributed by atoms with Crippen molar-refractivity contribution in [2.45, 2.75) is 13.2 Å². The first-order valence-corrected chi connectivity index (χ1v) is 7.45. The molecule has 2 aromatic rings. The Morgan fingerprint density at radius 2 is 2.24 bits per heavy atom. The van der Waals surface area contributed by atoms with Crippen LogP contribution in [0.4, 0.5) is 0 Å². The van der Waals surface area contributed by atoms with Gasteiger partial charge in [-0.2, -0.15) is 0 Å². The molecule has 1 aromatic carbocycles. The lowest BCUT2D eigenvalue weighted by Crippen LogP contribution is -2.19. The second-order valence-electron chi connectivity index (χ2n) is 4.57. The molecule has 0 saturated heterocycles. The van der Waals surface area contributed by atoms with Crippen LogP contribution in [0.1, 0.15) is 11.3 Å². The third-order valence-corrected chi connectivity index (χ3v) is 3.49. The fourth-order valence-electron chi connectivity index (χ4n) is 1.86. The van der Waals surface area contributed by atoms with Gasteiger partial charge in [0.25, 0.3) is 0 Å². The molecule has 7 heteroatoms. The molecule has 0 fully saturated rings. The van der Waals surface area contributed by atoms with E-state index in [2.05, 4.69) is 31.6 Å². The van der Waals surface area contributed by atoms with Gasteiger partial charge in [-0.05, 0) is 22.0 Å². The molecule has 0 aliphatic heterocycles. The van der Waals surface area contributed by atoms with Crippen LogP contribution in [0.25, 0.3) is 0 Å². The van der Waals surface area contributed by atoms with Gasteiger partial charge in [-0.1, -0.05) is 17.3 Å². The van der Waals surface area contributed by atoms with Crippen LogP contribution in [0.5, 0.6) is 5.75 Å². The van der Waals surface area contributed by atoms with Gasteiger partial charge in [0.15, 0.2) is 0 Å². The van der Waals surface area contributed by atoms with Gasteiger partial charge in [-0.15, -0.1) is 5.10 Å². The summed E-state index contributed by atoms with van der Waals surface area (Å²) in [4.78, 5) is 0. The van der Waals surface area contributed by atoms with E-state index in [9.17, 15) is 0 Å². The normalized spacial score (nSPS) is 10.8. The minimum Gasteiger partial charge on any atom is -0.486 e. The monoisotopic (exact) mass is 354 g/mol. The number of hydrogen-bond donors (Lipinski definition) is 1. The maximum absolute atomic E-state index is 5.89. The van der Waals surface area contributed by atoms with Gasteiger partial charge in [-0.3, -0.25) is 4.68 Å². The van der Waals surface area contributed by atoms with Crippen molar-refractivity contribution in [2.24, 2.45) is 7.05 Å². The van der Waals surface area contributed by atoms with Gasteiger partial charge in [0, 0.05) is 32.8 Å². The molecule has 0 aliphatic carbocycles. The molecule has 0 radical (unpaired) electrons. The van der Waals surface area contributed by atoms with E-state index >= 15 is 0 Å². The smallest absolute Gasteiger partial charge is 0.138 e. The number of para-hydroxylation sites is 1. The highest BCUT2D eigenvalue weighted by Gasteiger charge is 2.09. The molecule has 6 nitrogen and oxygen atoms in total. The van der Waals surface area contributed by atoms with E-state index in [1.165, 1.54) is 0 Å². The second-order valence-corrected chi connectivity index (χ2v) is 5.42. The van der Waals surface area contributed by atoms with Crippen LogP contribution in [0, 0.1) is 0 Å². The van der Waals surface area contributed by atoms with Crippen molar-refractivity contribution in [2.75, 3.05) is 20.3 Å². The number of rotatable bonds is 8. The minimum atomic E-state index is 0.390. The van der Waals surface area contributed by atoms with Crippen molar-refractivity contribution in [3.63, 3.8) is 0 Å². The van der Waals surface area contributed by atoms with Crippen molar-refractivity contribution < 1.29 is 9.47 Å². The highest BCUT2D eigenvalue weighted by atomic mass is 79.9. The molecule has 0 spiro atoms. The summed E-state index contributed by atoms with van der Waals surface area (Å²) in [5.74, 6) is 0.827. The Labute approximate surface area is 132 Å². The third-order valence-electron chi connectivity index (χ3n) is 2.86. The summed E-state index contributed by atoms with van der Waals surface area (Å²) >= 11 is 3.53. The lowest BCUT2D eigenvalue weighted by molar-refractivity contribution is 0.199. The SMILES string of the molecule is COCCNCc1cccc(Br)c1OCc1cn(C)nn1. The number of benzene rings is 1. The zero-order valence-corrected chi connectivity index (χ0v) is 13.8. The van der Waals surface area contributed by atoms with Crippen molar-refractivity contribution in [3.05, 3.63) is 40.1 Å². The molecule has 1 heterocycles. The number of hydrogen-bond acceptors (Lipinski definition) is 5. The average molecular weight is 355 g/mol. The number of ether oxygens (including phenoxy) is 2. The molecule has 0 saturated carbocycles. The molecule has 0 aliphatic rings. The highest BCUT2D eigenvalue weighted by molar-refractivity contribution is 9.10. The van der Waals surface area contributed by atoms with E-state index < -0.39 is 0 Å². The van der Waals surface area contributed by atoms with Gasteiger partial charge >= 0.3 is 0 Å². The van der Waals surface area contributed by atoms with Gasteiger partial charge in [0.2, 0.25) is 0 Å². The quantitative estimate of drug-likeness (QED) is 0.733. The first kappa shape index (κ1) is 15.9.